The highest BCUT2D eigenvalue weighted by Gasteiger charge is 2.33. The van der Waals surface area contributed by atoms with E-state index in [1.54, 1.807) is 0 Å². The summed E-state index contributed by atoms with van der Waals surface area (Å²) in [5.74, 6) is 0.714. The van der Waals surface area contributed by atoms with Gasteiger partial charge in [0.25, 0.3) is 0 Å². The fraction of sp³-hybridized carbons (Fsp3) is 0.462. The Morgan fingerprint density at radius 3 is 2.95 bits per heavy atom. The Balaban J connectivity index is 2.05. The summed E-state index contributed by atoms with van der Waals surface area (Å²) < 4.78 is 8.36. The summed E-state index contributed by atoms with van der Waals surface area (Å²) in [5.41, 5.74) is 7.25. The molecule has 2 aromatic rings. The average molecular weight is 338 g/mol. The van der Waals surface area contributed by atoms with Crippen molar-refractivity contribution in [3.63, 3.8) is 0 Å². The second-order valence-electron chi connectivity index (χ2n) is 5.34. The molecule has 0 radical (unpaired) electrons. The second-order valence-corrected chi connectivity index (χ2v) is 6.26. The van der Waals surface area contributed by atoms with Gasteiger partial charge in [-0.2, -0.15) is 0 Å². The van der Waals surface area contributed by atoms with E-state index in [1.165, 1.54) is 0 Å². The van der Waals surface area contributed by atoms with E-state index < -0.39 is 0 Å². The first-order valence-corrected chi connectivity index (χ1v) is 7.31. The smallest absolute Gasteiger partial charge is 0.182 e. The number of rotatable bonds is 2. The van der Waals surface area contributed by atoms with E-state index in [0.29, 0.717) is 18.1 Å². The molecule has 1 unspecified atom stereocenters. The Bertz CT molecular complexity index is 601. The van der Waals surface area contributed by atoms with Crippen molar-refractivity contribution in [2.24, 2.45) is 0 Å². The number of tetrazole rings is 1. The molecule has 0 saturated carbocycles. The standard InChI is InChI=1S/C13H16BrN5O/c1-13(3-2-4-20-8-13)19-12(16-17-18-19)9-5-10(14)7-11(15)6-9/h5-7H,2-4,8,15H2,1H3. The van der Waals surface area contributed by atoms with Crippen LogP contribution in [0.1, 0.15) is 19.8 Å². The molecule has 20 heavy (non-hydrogen) atoms. The van der Waals surface area contributed by atoms with Gasteiger partial charge >= 0.3 is 0 Å². The van der Waals surface area contributed by atoms with Gasteiger partial charge in [-0.1, -0.05) is 15.9 Å². The largest absolute Gasteiger partial charge is 0.399 e. The summed E-state index contributed by atoms with van der Waals surface area (Å²) in [7, 11) is 0. The highest BCUT2D eigenvalue weighted by molar-refractivity contribution is 9.10. The van der Waals surface area contributed by atoms with Crippen molar-refractivity contribution in [1.82, 2.24) is 20.2 Å². The lowest BCUT2D eigenvalue weighted by Crippen LogP contribution is -2.40. The molecule has 1 aliphatic heterocycles. The van der Waals surface area contributed by atoms with Crippen molar-refractivity contribution in [2.45, 2.75) is 25.3 Å². The zero-order valence-electron chi connectivity index (χ0n) is 11.2. The van der Waals surface area contributed by atoms with Crippen LogP contribution in [0.25, 0.3) is 11.4 Å². The molecule has 0 bridgehead atoms. The van der Waals surface area contributed by atoms with Gasteiger partial charge in [-0.25, -0.2) is 4.68 Å². The first-order valence-electron chi connectivity index (χ1n) is 6.51. The number of ether oxygens (including phenoxy) is 1. The Kier molecular flexibility index (Phi) is 3.47. The van der Waals surface area contributed by atoms with Crippen LogP contribution >= 0.6 is 15.9 Å². The predicted octanol–water partition coefficient (Wildman–Crippen LogP) is 2.21. The molecule has 0 amide bonds. The summed E-state index contributed by atoms with van der Waals surface area (Å²) in [6.07, 6.45) is 2.00. The Labute approximate surface area is 125 Å². The molecular weight excluding hydrogens is 322 g/mol. The molecule has 0 aliphatic carbocycles. The van der Waals surface area contributed by atoms with E-state index in [-0.39, 0.29) is 5.54 Å². The summed E-state index contributed by atoms with van der Waals surface area (Å²) >= 11 is 3.45. The van der Waals surface area contributed by atoms with Crippen LogP contribution < -0.4 is 5.73 Å². The van der Waals surface area contributed by atoms with Gasteiger partial charge in [0.1, 0.15) is 0 Å². The molecule has 1 aliphatic rings. The maximum Gasteiger partial charge on any atom is 0.182 e. The number of benzene rings is 1. The zero-order chi connectivity index (χ0) is 14.2. The monoisotopic (exact) mass is 337 g/mol. The number of hydrogen-bond acceptors (Lipinski definition) is 5. The van der Waals surface area contributed by atoms with Crippen LogP contribution in [0.2, 0.25) is 0 Å². The Hall–Kier alpha value is -1.47. The van der Waals surface area contributed by atoms with E-state index in [0.717, 1.165) is 29.5 Å². The highest BCUT2D eigenvalue weighted by atomic mass is 79.9. The number of anilines is 1. The van der Waals surface area contributed by atoms with E-state index >= 15 is 0 Å². The quantitative estimate of drug-likeness (QED) is 0.850. The lowest BCUT2D eigenvalue weighted by molar-refractivity contribution is 0.00348. The van der Waals surface area contributed by atoms with Gasteiger partial charge in [0.2, 0.25) is 0 Å². The molecule has 1 saturated heterocycles. The third-order valence-electron chi connectivity index (χ3n) is 3.58. The topological polar surface area (TPSA) is 78.9 Å². The highest BCUT2D eigenvalue weighted by Crippen LogP contribution is 2.31. The first-order chi connectivity index (χ1) is 9.58. The fourth-order valence-electron chi connectivity index (χ4n) is 2.56. The van der Waals surface area contributed by atoms with Crippen LogP contribution in [0.4, 0.5) is 5.69 Å². The molecule has 6 nitrogen and oxygen atoms in total. The average Bonchev–Trinajstić information content (AvgIpc) is 2.88. The van der Waals surface area contributed by atoms with Crippen molar-refractivity contribution < 1.29 is 4.74 Å². The first kappa shape index (κ1) is 13.5. The van der Waals surface area contributed by atoms with Crippen molar-refractivity contribution in [1.29, 1.82) is 0 Å². The molecule has 7 heteroatoms. The van der Waals surface area contributed by atoms with Crippen LogP contribution in [0, 0.1) is 0 Å². The molecule has 106 valence electrons. The number of hydrogen-bond donors (Lipinski definition) is 1. The van der Waals surface area contributed by atoms with Crippen LogP contribution in [-0.4, -0.2) is 33.4 Å². The van der Waals surface area contributed by atoms with E-state index in [1.807, 2.05) is 22.9 Å². The number of nitrogens with zero attached hydrogens (tertiary/aromatic N) is 4. The van der Waals surface area contributed by atoms with Crippen LogP contribution in [0.3, 0.4) is 0 Å². The van der Waals surface area contributed by atoms with Gasteiger partial charge in [-0.3, -0.25) is 0 Å². The van der Waals surface area contributed by atoms with Gasteiger partial charge in [0.05, 0.1) is 12.1 Å². The van der Waals surface area contributed by atoms with E-state index in [2.05, 4.69) is 38.4 Å². The van der Waals surface area contributed by atoms with Crippen molar-refractivity contribution in [2.75, 3.05) is 18.9 Å². The summed E-state index contributed by atoms with van der Waals surface area (Å²) in [6.45, 7) is 3.54. The second kappa shape index (κ2) is 5.14. The van der Waals surface area contributed by atoms with E-state index in [9.17, 15) is 0 Å². The van der Waals surface area contributed by atoms with Crippen molar-refractivity contribution in [3.8, 4) is 11.4 Å². The maximum absolute atomic E-state index is 5.89. The van der Waals surface area contributed by atoms with Crippen LogP contribution in [0.15, 0.2) is 22.7 Å². The van der Waals surface area contributed by atoms with Gasteiger partial charge in [-0.05, 0) is 48.4 Å². The fourth-order valence-corrected chi connectivity index (χ4v) is 3.07. The third-order valence-corrected chi connectivity index (χ3v) is 4.03. The maximum atomic E-state index is 5.89. The van der Waals surface area contributed by atoms with Crippen molar-refractivity contribution in [3.05, 3.63) is 22.7 Å². The zero-order valence-corrected chi connectivity index (χ0v) is 12.8. The molecule has 1 atom stereocenters. The third kappa shape index (κ3) is 2.43. The Morgan fingerprint density at radius 1 is 1.40 bits per heavy atom. The van der Waals surface area contributed by atoms with Gasteiger partial charge < -0.3 is 10.5 Å². The Morgan fingerprint density at radius 2 is 2.25 bits per heavy atom. The lowest BCUT2D eigenvalue weighted by atomic mass is 9.94. The minimum absolute atomic E-state index is 0.214. The van der Waals surface area contributed by atoms with Crippen LogP contribution in [0.5, 0.6) is 0 Å². The van der Waals surface area contributed by atoms with Gasteiger partial charge in [0, 0.05) is 22.3 Å². The molecule has 1 aromatic heterocycles. The van der Waals surface area contributed by atoms with Crippen LogP contribution in [-0.2, 0) is 10.3 Å². The number of aromatic nitrogens is 4. The minimum Gasteiger partial charge on any atom is -0.399 e. The van der Waals surface area contributed by atoms with Crippen molar-refractivity contribution >= 4 is 21.6 Å². The van der Waals surface area contributed by atoms with Gasteiger partial charge in [0.15, 0.2) is 5.82 Å². The molecule has 2 heterocycles. The molecule has 1 aromatic carbocycles. The summed E-state index contributed by atoms with van der Waals surface area (Å²) in [5, 5.41) is 12.2. The summed E-state index contributed by atoms with van der Waals surface area (Å²) in [6, 6.07) is 5.69. The normalized spacial score (nSPS) is 22.9. The molecule has 3 rings (SSSR count). The molecule has 2 N–H and O–H groups in total. The van der Waals surface area contributed by atoms with E-state index in [4.69, 9.17) is 10.5 Å². The minimum atomic E-state index is -0.214. The molecular formula is C13H16BrN5O. The number of halogens is 1. The van der Waals surface area contributed by atoms with Gasteiger partial charge in [-0.15, -0.1) is 5.10 Å². The number of nitrogen functional groups attached to an aromatic ring is 1. The lowest BCUT2D eigenvalue weighted by Gasteiger charge is -2.33. The predicted molar refractivity (Wildman–Crippen MR) is 79.1 cm³/mol. The summed E-state index contributed by atoms with van der Waals surface area (Å²) in [4.78, 5) is 0. The molecule has 1 fully saturated rings. The number of nitrogens with two attached hydrogens (primary N) is 1. The SMILES string of the molecule is CC1(n2nnnc2-c2cc(N)cc(Br)c2)CCCOC1. The molecule has 0 spiro atoms.